The number of esters is 1. The molecule has 3 aromatic rings. The van der Waals surface area contributed by atoms with Crippen molar-refractivity contribution >= 4 is 40.1 Å². The van der Waals surface area contributed by atoms with E-state index in [1.807, 2.05) is 26.0 Å². The summed E-state index contributed by atoms with van der Waals surface area (Å²) in [5, 5.41) is 6.20. The van der Waals surface area contributed by atoms with Crippen LogP contribution in [0.1, 0.15) is 30.5 Å². The van der Waals surface area contributed by atoms with Crippen molar-refractivity contribution in [3.05, 3.63) is 59.4 Å². The number of furan rings is 1. The fourth-order valence-electron chi connectivity index (χ4n) is 3.06. The van der Waals surface area contributed by atoms with E-state index >= 15 is 0 Å². The predicted molar refractivity (Wildman–Crippen MR) is 114 cm³/mol. The van der Waals surface area contributed by atoms with E-state index in [-0.39, 0.29) is 12.3 Å². The van der Waals surface area contributed by atoms with E-state index in [2.05, 4.69) is 10.6 Å². The SMILES string of the molecule is CC(=O)Nc1ccc(NC(=O)[C@H](C)OC(=O)Cc2coc3c(C)c(C)ccc23)cc1. The summed E-state index contributed by atoms with van der Waals surface area (Å²) >= 11 is 0. The van der Waals surface area contributed by atoms with E-state index < -0.39 is 18.0 Å². The Bertz CT molecular complexity index is 1100. The Kier molecular flexibility index (Phi) is 6.20. The number of carbonyl (C=O) groups excluding carboxylic acids is 3. The van der Waals surface area contributed by atoms with Crippen LogP contribution in [-0.4, -0.2) is 23.9 Å². The summed E-state index contributed by atoms with van der Waals surface area (Å²) in [4.78, 5) is 35.7. The molecule has 1 aromatic heterocycles. The van der Waals surface area contributed by atoms with E-state index in [4.69, 9.17) is 9.15 Å². The molecule has 1 heterocycles. The zero-order chi connectivity index (χ0) is 21.8. The molecule has 7 heteroatoms. The van der Waals surface area contributed by atoms with Crippen molar-refractivity contribution in [2.75, 3.05) is 10.6 Å². The molecule has 1 atom stereocenters. The number of ether oxygens (including phenoxy) is 1. The van der Waals surface area contributed by atoms with Crippen molar-refractivity contribution in [3.8, 4) is 0 Å². The Morgan fingerprint density at radius 1 is 1.00 bits per heavy atom. The first-order valence-corrected chi connectivity index (χ1v) is 9.59. The van der Waals surface area contributed by atoms with Crippen LogP contribution in [0.3, 0.4) is 0 Å². The molecule has 30 heavy (non-hydrogen) atoms. The van der Waals surface area contributed by atoms with Gasteiger partial charge in [0.2, 0.25) is 5.91 Å². The zero-order valence-electron chi connectivity index (χ0n) is 17.4. The first kappa shape index (κ1) is 21.1. The van der Waals surface area contributed by atoms with Crippen molar-refractivity contribution in [1.29, 1.82) is 0 Å². The molecule has 2 aromatic carbocycles. The van der Waals surface area contributed by atoms with Gasteiger partial charge in [-0.2, -0.15) is 0 Å². The zero-order valence-corrected chi connectivity index (χ0v) is 17.4. The molecule has 0 aliphatic heterocycles. The fourth-order valence-corrected chi connectivity index (χ4v) is 3.06. The number of rotatable bonds is 6. The summed E-state index contributed by atoms with van der Waals surface area (Å²) in [6.07, 6.45) is 0.604. The maximum absolute atomic E-state index is 12.3. The normalized spacial score (nSPS) is 11.7. The molecule has 0 saturated carbocycles. The maximum atomic E-state index is 12.3. The molecule has 0 unspecified atom stereocenters. The Hall–Kier alpha value is -3.61. The Morgan fingerprint density at radius 3 is 2.27 bits per heavy atom. The minimum absolute atomic E-state index is 0.0124. The van der Waals surface area contributed by atoms with Crippen LogP contribution in [0.5, 0.6) is 0 Å². The predicted octanol–water partition coefficient (Wildman–Crippen LogP) is 4.12. The van der Waals surface area contributed by atoms with Crippen molar-refractivity contribution in [1.82, 2.24) is 0 Å². The summed E-state index contributed by atoms with van der Waals surface area (Å²) in [5.41, 5.74) is 4.78. The molecule has 7 nitrogen and oxygen atoms in total. The molecule has 0 spiro atoms. The quantitative estimate of drug-likeness (QED) is 0.598. The summed E-state index contributed by atoms with van der Waals surface area (Å²) in [6, 6.07) is 10.5. The van der Waals surface area contributed by atoms with E-state index in [1.165, 1.54) is 13.8 Å². The topological polar surface area (TPSA) is 97.6 Å². The van der Waals surface area contributed by atoms with Crippen molar-refractivity contribution in [3.63, 3.8) is 0 Å². The van der Waals surface area contributed by atoms with E-state index in [1.54, 1.807) is 30.5 Å². The van der Waals surface area contributed by atoms with Gasteiger partial charge in [-0.25, -0.2) is 0 Å². The summed E-state index contributed by atoms with van der Waals surface area (Å²) in [7, 11) is 0. The molecular weight excluding hydrogens is 384 g/mol. The number of amides is 2. The van der Waals surface area contributed by atoms with E-state index in [0.717, 1.165) is 27.7 Å². The third-order valence-corrected chi connectivity index (χ3v) is 4.83. The number of hydrogen-bond acceptors (Lipinski definition) is 5. The molecule has 0 saturated heterocycles. The van der Waals surface area contributed by atoms with Crippen molar-refractivity contribution in [2.45, 2.75) is 40.2 Å². The van der Waals surface area contributed by atoms with Gasteiger partial charge in [-0.05, 0) is 56.2 Å². The number of nitrogens with one attached hydrogen (secondary N) is 2. The van der Waals surface area contributed by atoms with E-state index in [0.29, 0.717) is 11.4 Å². The number of carbonyl (C=O) groups is 3. The summed E-state index contributed by atoms with van der Waals surface area (Å²) in [5.74, 6) is -1.14. The average Bonchev–Trinajstić information content (AvgIpc) is 3.09. The van der Waals surface area contributed by atoms with Crippen LogP contribution in [0.25, 0.3) is 11.0 Å². The summed E-state index contributed by atoms with van der Waals surface area (Å²) in [6.45, 7) is 6.90. The average molecular weight is 408 g/mol. The molecule has 0 fully saturated rings. The second-order valence-corrected chi connectivity index (χ2v) is 7.20. The highest BCUT2D eigenvalue weighted by Gasteiger charge is 2.20. The standard InChI is InChI=1S/C23H24N2O5/c1-13-5-10-20-17(12-29-22(20)14(13)2)11-21(27)30-15(3)23(28)25-19-8-6-18(7-9-19)24-16(4)26/h5-10,12,15H,11H2,1-4H3,(H,24,26)(H,25,28)/t15-/m0/s1. The monoisotopic (exact) mass is 408 g/mol. The molecule has 0 aliphatic rings. The smallest absolute Gasteiger partial charge is 0.311 e. The van der Waals surface area contributed by atoms with Gasteiger partial charge in [-0.15, -0.1) is 0 Å². The van der Waals surface area contributed by atoms with Crippen LogP contribution in [0.15, 0.2) is 47.1 Å². The fraction of sp³-hybridized carbons (Fsp3) is 0.261. The lowest BCUT2D eigenvalue weighted by Gasteiger charge is -2.14. The minimum atomic E-state index is -0.963. The number of anilines is 2. The maximum Gasteiger partial charge on any atom is 0.311 e. The lowest BCUT2D eigenvalue weighted by molar-refractivity contribution is -0.152. The van der Waals surface area contributed by atoms with Gasteiger partial charge in [0.25, 0.3) is 5.91 Å². The molecule has 156 valence electrons. The van der Waals surface area contributed by atoms with Crippen LogP contribution < -0.4 is 10.6 Å². The van der Waals surface area contributed by atoms with E-state index in [9.17, 15) is 14.4 Å². The largest absolute Gasteiger partial charge is 0.464 e. The van der Waals surface area contributed by atoms with Crippen LogP contribution in [0, 0.1) is 13.8 Å². The number of benzene rings is 2. The molecule has 0 radical (unpaired) electrons. The Morgan fingerprint density at radius 2 is 1.63 bits per heavy atom. The van der Waals surface area contributed by atoms with Crippen LogP contribution in [0.4, 0.5) is 11.4 Å². The van der Waals surface area contributed by atoms with Gasteiger partial charge < -0.3 is 19.8 Å². The van der Waals surface area contributed by atoms with Crippen LogP contribution >= 0.6 is 0 Å². The Balaban J connectivity index is 1.58. The lowest BCUT2D eigenvalue weighted by atomic mass is 10.0. The van der Waals surface area contributed by atoms with Crippen molar-refractivity contribution in [2.24, 2.45) is 0 Å². The summed E-state index contributed by atoms with van der Waals surface area (Å²) < 4.78 is 10.9. The first-order chi connectivity index (χ1) is 14.2. The second kappa shape index (κ2) is 8.82. The third kappa shape index (κ3) is 4.86. The number of fused-ring (bicyclic) bond motifs is 1. The van der Waals surface area contributed by atoms with Gasteiger partial charge in [0.1, 0.15) is 5.58 Å². The molecular formula is C23H24N2O5. The molecule has 0 aliphatic carbocycles. The highest BCUT2D eigenvalue weighted by atomic mass is 16.5. The Labute approximate surface area is 174 Å². The van der Waals surface area contributed by atoms with Gasteiger partial charge in [0.15, 0.2) is 6.10 Å². The van der Waals surface area contributed by atoms with Gasteiger partial charge >= 0.3 is 5.97 Å². The van der Waals surface area contributed by atoms with Crippen LogP contribution in [-0.2, 0) is 25.5 Å². The first-order valence-electron chi connectivity index (χ1n) is 9.59. The molecule has 2 N–H and O–H groups in total. The van der Waals surface area contributed by atoms with Gasteiger partial charge in [0, 0.05) is 29.2 Å². The minimum Gasteiger partial charge on any atom is -0.464 e. The lowest BCUT2D eigenvalue weighted by Crippen LogP contribution is -2.30. The van der Waals surface area contributed by atoms with Crippen molar-refractivity contribution < 1.29 is 23.5 Å². The highest BCUT2D eigenvalue weighted by Crippen LogP contribution is 2.27. The molecule has 2 amide bonds. The van der Waals surface area contributed by atoms with Gasteiger partial charge in [0.05, 0.1) is 12.7 Å². The van der Waals surface area contributed by atoms with Gasteiger partial charge in [-0.1, -0.05) is 12.1 Å². The molecule has 3 rings (SSSR count). The van der Waals surface area contributed by atoms with Crippen LogP contribution in [0.2, 0.25) is 0 Å². The second-order valence-electron chi connectivity index (χ2n) is 7.20. The molecule has 0 bridgehead atoms. The highest BCUT2D eigenvalue weighted by molar-refractivity contribution is 5.96. The third-order valence-electron chi connectivity index (χ3n) is 4.83. The number of hydrogen-bond donors (Lipinski definition) is 2. The number of aryl methyl sites for hydroxylation is 2. The van der Waals surface area contributed by atoms with Gasteiger partial charge in [-0.3, -0.25) is 14.4 Å².